The van der Waals surface area contributed by atoms with Crippen molar-refractivity contribution in [3.63, 3.8) is 0 Å². The first kappa shape index (κ1) is 15.0. The highest BCUT2D eigenvalue weighted by Gasteiger charge is 2.16. The molecule has 0 aliphatic carbocycles. The van der Waals surface area contributed by atoms with Gasteiger partial charge in [0.1, 0.15) is 0 Å². The maximum absolute atomic E-state index is 5.83. The molecule has 2 nitrogen and oxygen atoms in total. The van der Waals surface area contributed by atoms with Gasteiger partial charge in [-0.05, 0) is 37.5 Å². The second-order valence-corrected chi connectivity index (χ2v) is 5.72. The highest BCUT2D eigenvalue weighted by atomic mass is 16.7. The molecule has 0 radical (unpaired) electrons. The van der Waals surface area contributed by atoms with Gasteiger partial charge in [-0.2, -0.15) is 0 Å². The molecule has 1 fully saturated rings. The van der Waals surface area contributed by atoms with Crippen molar-refractivity contribution in [3.05, 3.63) is 0 Å². The Bertz CT molecular complexity index is 176. The minimum Gasteiger partial charge on any atom is -0.353 e. The van der Waals surface area contributed by atoms with Gasteiger partial charge in [-0.15, -0.1) is 0 Å². The normalized spacial score (nSPS) is 24.5. The van der Waals surface area contributed by atoms with Crippen LogP contribution >= 0.6 is 0 Å². The molecule has 1 aliphatic heterocycles. The largest absolute Gasteiger partial charge is 0.353 e. The Morgan fingerprint density at radius 3 is 2.71 bits per heavy atom. The molecule has 0 aromatic heterocycles. The van der Waals surface area contributed by atoms with Crippen molar-refractivity contribution in [2.24, 2.45) is 11.8 Å². The minimum absolute atomic E-state index is 0.0807. The van der Waals surface area contributed by atoms with Crippen LogP contribution in [-0.4, -0.2) is 19.5 Å². The molecule has 3 atom stereocenters. The first-order valence-electron chi connectivity index (χ1n) is 7.45. The van der Waals surface area contributed by atoms with Gasteiger partial charge in [0.15, 0.2) is 6.29 Å². The summed E-state index contributed by atoms with van der Waals surface area (Å²) in [7, 11) is 0. The molecule has 102 valence electrons. The molecule has 0 bridgehead atoms. The molecule has 0 aromatic carbocycles. The maximum atomic E-state index is 5.83. The summed E-state index contributed by atoms with van der Waals surface area (Å²) in [6, 6.07) is 0. The maximum Gasteiger partial charge on any atom is 0.157 e. The second kappa shape index (κ2) is 8.93. The molecule has 1 unspecified atom stereocenters. The van der Waals surface area contributed by atoms with E-state index in [4.69, 9.17) is 9.47 Å². The smallest absolute Gasteiger partial charge is 0.157 e. The molecule has 1 rings (SSSR count). The average Bonchev–Trinajstić information content (AvgIpc) is 2.35. The van der Waals surface area contributed by atoms with E-state index >= 15 is 0 Å². The topological polar surface area (TPSA) is 18.5 Å². The molecule has 0 spiro atoms. The summed E-state index contributed by atoms with van der Waals surface area (Å²) in [6.07, 6.45) is 8.93. The predicted octanol–water partition coefficient (Wildman–Crippen LogP) is 4.38. The van der Waals surface area contributed by atoms with Crippen molar-refractivity contribution < 1.29 is 9.47 Å². The van der Waals surface area contributed by atoms with Gasteiger partial charge in [0.2, 0.25) is 0 Å². The van der Waals surface area contributed by atoms with E-state index < -0.39 is 0 Å². The lowest BCUT2D eigenvalue weighted by Crippen LogP contribution is -2.24. The Morgan fingerprint density at radius 1 is 1.24 bits per heavy atom. The van der Waals surface area contributed by atoms with Crippen LogP contribution in [0.5, 0.6) is 0 Å². The van der Waals surface area contributed by atoms with Crippen LogP contribution in [0.2, 0.25) is 0 Å². The fourth-order valence-electron chi connectivity index (χ4n) is 2.54. The van der Waals surface area contributed by atoms with Gasteiger partial charge < -0.3 is 9.47 Å². The molecule has 0 aromatic rings. The van der Waals surface area contributed by atoms with Gasteiger partial charge in [0.25, 0.3) is 0 Å². The van der Waals surface area contributed by atoms with Crippen LogP contribution in [-0.2, 0) is 9.47 Å². The lowest BCUT2D eigenvalue weighted by Gasteiger charge is -2.25. The molecule has 0 amide bonds. The summed E-state index contributed by atoms with van der Waals surface area (Å²) in [5.41, 5.74) is 0. The van der Waals surface area contributed by atoms with Gasteiger partial charge in [0.05, 0.1) is 6.61 Å². The van der Waals surface area contributed by atoms with Gasteiger partial charge >= 0.3 is 0 Å². The van der Waals surface area contributed by atoms with E-state index in [9.17, 15) is 0 Å². The van der Waals surface area contributed by atoms with Crippen LogP contribution in [0.4, 0.5) is 0 Å². The number of rotatable bonds is 8. The Hall–Kier alpha value is -0.0800. The summed E-state index contributed by atoms with van der Waals surface area (Å²) in [6.45, 7) is 8.67. The van der Waals surface area contributed by atoms with E-state index in [1.54, 1.807) is 0 Å². The number of ether oxygens (including phenoxy) is 2. The molecule has 0 saturated carbocycles. The third-order valence-corrected chi connectivity index (χ3v) is 3.56. The molecule has 1 heterocycles. The van der Waals surface area contributed by atoms with Crippen molar-refractivity contribution in [1.82, 2.24) is 0 Å². The van der Waals surface area contributed by atoms with Crippen LogP contribution in [0.3, 0.4) is 0 Å². The summed E-state index contributed by atoms with van der Waals surface area (Å²) in [5, 5.41) is 0. The molecular weight excluding hydrogens is 212 g/mol. The predicted molar refractivity (Wildman–Crippen MR) is 72.0 cm³/mol. The first-order valence-corrected chi connectivity index (χ1v) is 7.45. The average molecular weight is 242 g/mol. The van der Waals surface area contributed by atoms with Crippen molar-refractivity contribution in [2.45, 2.75) is 72.0 Å². The standard InChI is InChI=1S/C15H30O2/c1-4-5-8-13(2)11-14(3)12-17-15-9-6-7-10-16-15/h13-15H,4-12H2,1-3H3/t13-,14-,15?/m0/s1. The van der Waals surface area contributed by atoms with Crippen LogP contribution in [0, 0.1) is 11.8 Å². The zero-order valence-electron chi connectivity index (χ0n) is 11.9. The zero-order chi connectivity index (χ0) is 12.5. The van der Waals surface area contributed by atoms with Crippen LogP contribution in [0.1, 0.15) is 65.7 Å². The van der Waals surface area contributed by atoms with Gasteiger partial charge in [-0.3, -0.25) is 0 Å². The molecule has 1 aliphatic rings. The minimum atomic E-state index is 0.0807. The monoisotopic (exact) mass is 242 g/mol. The van der Waals surface area contributed by atoms with Crippen LogP contribution in [0.15, 0.2) is 0 Å². The van der Waals surface area contributed by atoms with Crippen LogP contribution in [0.25, 0.3) is 0 Å². The van der Waals surface area contributed by atoms with E-state index in [2.05, 4.69) is 20.8 Å². The Balaban J connectivity index is 2.05. The number of hydrogen-bond donors (Lipinski definition) is 0. The first-order chi connectivity index (χ1) is 8.22. The lowest BCUT2D eigenvalue weighted by atomic mass is 9.93. The second-order valence-electron chi connectivity index (χ2n) is 5.72. The highest BCUT2D eigenvalue weighted by molar-refractivity contribution is 4.61. The van der Waals surface area contributed by atoms with Gasteiger partial charge in [-0.25, -0.2) is 0 Å². The molecule has 2 heteroatoms. The molecular formula is C15H30O2. The SMILES string of the molecule is CCCC[C@H](C)C[C@H](C)COC1CCCCO1. The Morgan fingerprint density at radius 2 is 2.06 bits per heavy atom. The third-order valence-electron chi connectivity index (χ3n) is 3.56. The van der Waals surface area contributed by atoms with E-state index in [-0.39, 0.29) is 6.29 Å². The summed E-state index contributed by atoms with van der Waals surface area (Å²) < 4.78 is 11.4. The van der Waals surface area contributed by atoms with E-state index in [1.807, 2.05) is 0 Å². The van der Waals surface area contributed by atoms with E-state index in [1.165, 1.54) is 38.5 Å². The van der Waals surface area contributed by atoms with Crippen molar-refractivity contribution >= 4 is 0 Å². The fraction of sp³-hybridized carbons (Fsp3) is 1.00. The lowest BCUT2D eigenvalue weighted by molar-refractivity contribution is -0.168. The fourth-order valence-corrected chi connectivity index (χ4v) is 2.54. The summed E-state index contributed by atoms with van der Waals surface area (Å²) >= 11 is 0. The van der Waals surface area contributed by atoms with Crippen molar-refractivity contribution in [3.8, 4) is 0 Å². The quantitative estimate of drug-likeness (QED) is 0.629. The molecule has 0 N–H and O–H groups in total. The molecule has 1 saturated heterocycles. The van der Waals surface area contributed by atoms with E-state index in [0.717, 1.165) is 25.6 Å². The molecule has 17 heavy (non-hydrogen) atoms. The third kappa shape index (κ3) is 7.05. The van der Waals surface area contributed by atoms with Gasteiger partial charge in [0, 0.05) is 6.61 Å². The summed E-state index contributed by atoms with van der Waals surface area (Å²) in [4.78, 5) is 0. The number of hydrogen-bond acceptors (Lipinski definition) is 2. The zero-order valence-corrected chi connectivity index (χ0v) is 11.9. The van der Waals surface area contributed by atoms with Crippen molar-refractivity contribution in [1.29, 1.82) is 0 Å². The highest BCUT2D eigenvalue weighted by Crippen LogP contribution is 2.20. The van der Waals surface area contributed by atoms with Crippen molar-refractivity contribution in [2.75, 3.05) is 13.2 Å². The van der Waals surface area contributed by atoms with Gasteiger partial charge in [-0.1, -0.05) is 40.0 Å². The van der Waals surface area contributed by atoms with E-state index in [0.29, 0.717) is 5.92 Å². The summed E-state index contributed by atoms with van der Waals surface area (Å²) in [5.74, 6) is 1.49. The van der Waals surface area contributed by atoms with Crippen LogP contribution < -0.4 is 0 Å². The Labute approximate surface area is 107 Å². The Kier molecular flexibility index (Phi) is 7.87. The number of unbranched alkanes of at least 4 members (excludes halogenated alkanes) is 1.